The predicted molar refractivity (Wildman–Crippen MR) is 83.4 cm³/mol. The first kappa shape index (κ1) is 17.0. The van der Waals surface area contributed by atoms with E-state index >= 15 is 0 Å². The molecule has 0 saturated carbocycles. The third kappa shape index (κ3) is 4.85. The molecule has 0 bridgehead atoms. The van der Waals surface area contributed by atoms with Gasteiger partial charge in [-0.3, -0.25) is 4.90 Å². The van der Waals surface area contributed by atoms with E-state index in [0.717, 1.165) is 0 Å². The lowest BCUT2D eigenvalue weighted by Crippen LogP contribution is -2.31. The fourth-order valence-electron chi connectivity index (χ4n) is 1.37. The van der Waals surface area contributed by atoms with Crippen molar-refractivity contribution in [2.45, 2.75) is 10.4 Å². The van der Waals surface area contributed by atoms with E-state index < -0.39 is 11.5 Å². The van der Waals surface area contributed by atoms with Gasteiger partial charge in [-0.2, -0.15) is 13.2 Å². The number of halogens is 4. The van der Waals surface area contributed by atoms with Gasteiger partial charge in [-0.1, -0.05) is 11.3 Å². The summed E-state index contributed by atoms with van der Waals surface area (Å²) in [4.78, 5) is 13.3. The largest absolute Gasteiger partial charge is 0.446 e. The van der Waals surface area contributed by atoms with E-state index in [0.29, 0.717) is 14.7 Å². The van der Waals surface area contributed by atoms with Crippen molar-refractivity contribution in [2.24, 2.45) is 0 Å². The number of alkyl halides is 3. The van der Waals surface area contributed by atoms with Gasteiger partial charge in [-0.25, -0.2) is 4.79 Å². The van der Waals surface area contributed by atoms with Gasteiger partial charge < -0.3 is 5.32 Å². The summed E-state index contributed by atoms with van der Waals surface area (Å²) in [7, 11) is 1.51. The van der Waals surface area contributed by atoms with Crippen LogP contribution < -0.4 is 10.2 Å². The molecule has 5 nitrogen and oxygen atoms in total. The van der Waals surface area contributed by atoms with Crippen LogP contribution in [0.25, 0.3) is 0 Å². The standard InChI is InChI=1S/C11H8BrF3N4OS2/c1-19(10-18-17-8(12)21-10)9(20)16-6-2-4-7(5-3-6)22-11(13,14)15/h2-5H,1H3,(H,16,20). The van der Waals surface area contributed by atoms with Gasteiger partial charge in [0, 0.05) is 17.6 Å². The van der Waals surface area contributed by atoms with E-state index in [-0.39, 0.29) is 16.7 Å². The fraction of sp³-hybridized carbons (Fsp3) is 0.182. The van der Waals surface area contributed by atoms with Crippen LogP contribution in [0.2, 0.25) is 0 Å². The van der Waals surface area contributed by atoms with E-state index in [1.807, 2.05) is 0 Å². The highest BCUT2D eigenvalue weighted by Gasteiger charge is 2.29. The molecule has 1 N–H and O–H groups in total. The molecule has 0 saturated heterocycles. The van der Waals surface area contributed by atoms with Crippen LogP contribution in [-0.2, 0) is 0 Å². The third-order valence-corrected chi connectivity index (χ3v) is 4.49. The second kappa shape index (κ2) is 6.84. The first-order chi connectivity index (χ1) is 10.2. The highest BCUT2D eigenvalue weighted by atomic mass is 79.9. The topological polar surface area (TPSA) is 58.1 Å². The first-order valence-electron chi connectivity index (χ1n) is 5.64. The summed E-state index contributed by atoms with van der Waals surface area (Å²) in [6.45, 7) is 0. The molecule has 0 atom stereocenters. The minimum atomic E-state index is -4.34. The van der Waals surface area contributed by atoms with Gasteiger partial charge in [0.2, 0.25) is 5.13 Å². The number of hydrogen-bond acceptors (Lipinski definition) is 5. The quantitative estimate of drug-likeness (QED) is 0.749. The van der Waals surface area contributed by atoms with Crippen molar-refractivity contribution in [3.8, 4) is 0 Å². The number of carbonyl (C=O) groups excluding carboxylic acids is 1. The normalized spacial score (nSPS) is 11.3. The zero-order chi connectivity index (χ0) is 16.3. The average molecular weight is 413 g/mol. The second-order valence-electron chi connectivity index (χ2n) is 3.90. The summed E-state index contributed by atoms with van der Waals surface area (Å²) >= 11 is 4.10. The molecule has 2 aromatic rings. The first-order valence-corrected chi connectivity index (χ1v) is 8.07. The van der Waals surface area contributed by atoms with Crippen molar-refractivity contribution in [2.75, 3.05) is 17.3 Å². The number of aromatic nitrogens is 2. The summed E-state index contributed by atoms with van der Waals surface area (Å²) < 4.78 is 37.2. The zero-order valence-electron chi connectivity index (χ0n) is 10.9. The van der Waals surface area contributed by atoms with Crippen molar-refractivity contribution < 1.29 is 18.0 Å². The lowest BCUT2D eigenvalue weighted by molar-refractivity contribution is -0.0328. The van der Waals surface area contributed by atoms with Crippen molar-refractivity contribution in [3.05, 3.63) is 28.2 Å². The molecular weight excluding hydrogens is 405 g/mol. The van der Waals surface area contributed by atoms with E-state index in [9.17, 15) is 18.0 Å². The number of nitrogens with one attached hydrogen (secondary N) is 1. The molecule has 0 radical (unpaired) electrons. The molecule has 22 heavy (non-hydrogen) atoms. The molecule has 1 heterocycles. The Balaban J connectivity index is 2.00. The van der Waals surface area contributed by atoms with E-state index in [2.05, 4.69) is 31.4 Å². The number of carbonyl (C=O) groups is 1. The number of benzene rings is 1. The Morgan fingerprint density at radius 1 is 1.32 bits per heavy atom. The van der Waals surface area contributed by atoms with Crippen LogP contribution in [0.3, 0.4) is 0 Å². The maximum absolute atomic E-state index is 12.2. The molecule has 0 aliphatic heterocycles. The SMILES string of the molecule is CN(C(=O)Nc1ccc(SC(F)(F)F)cc1)c1nnc(Br)s1. The molecule has 1 aromatic heterocycles. The highest BCUT2D eigenvalue weighted by molar-refractivity contribution is 9.11. The smallest absolute Gasteiger partial charge is 0.307 e. The fourth-order valence-corrected chi connectivity index (χ4v) is 2.95. The molecular formula is C11H8BrF3N4OS2. The van der Waals surface area contributed by atoms with Gasteiger partial charge in [-0.05, 0) is 52.0 Å². The van der Waals surface area contributed by atoms with Crippen LogP contribution in [0, 0.1) is 0 Å². The molecule has 2 rings (SSSR count). The van der Waals surface area contributed by atoms with Crippen LogP contribution in [-0.4, -0.2) is 28.8 Å². The van der Waals surface area contributed by atoms with Gasteiger partial charge in [0.1, 0.15) is 0 Å². The molecule has 1 aromatic carbocycles. The highest BCUT2D eigenvalue weighted by Crippen LogP contribution is 2.37. The van der Waals surface area contributed by atoms with E-state index in [1.54, 1.807) is 0 Å². The lowest BCUT2D eigenvalue weighted by atomic mass is 10.3. The maximum atomic E-state index is 12.2. The van der Waals surface area contributed by atoms with Crippen molar-refractivity contribution >= 4 is 55.9 Å². The summed E-state index contributed by atoms with van der Waals surface area (Å²) in [5.74, 6) is 0. The average Bonchev–Trinajstić information content (AvgIpc) is 2.85. The number of nitrogens with zero attached hydrogens (tertiary/aromatic N) is 3. The molecule has 0 aliphatic carbocycles. The number of amides is 2. The van der Waals surface area contributed by atoms with E-state index in [1.165, 1.54) is 47.5 Å². The Morgan fingerprint density at radius 2 is 1.95 bits per heavy atom. The number of rotatable bonds is 3. The Kier molecular flexibility index (Phi) is 5.29. The summed E-state index contributed by atoms with van der Waals surface area (Å²) in [5.41, 5.74) is -3.96. The molecule has 0 spiro atoms. The van der Waals surface area contributed by atoms with E-state index in [4.69, 9.17) is 0 Å². The molecule has 0 unspecified atom stereocenters. The Bertz CT molecular complexity index is 662. The Hall–Kier alpha value is -1.33. The number of urea groups is 1. The van der Waals surface area contributed by atoms with Crippen LogP contribution in [0.4, 0.5) is 28.8 Å². The summed E-state index contributed by atoms with van der Waals surface area (Å²) in [6, 6.07) is 4.90. The molecule has 11 heteroatoms. The van der Waals surface area contributed by atoms with Gasteiger partial charge >= 0.3 is 11.5 Å². The summed E-state index contributed by atoms with van der Waals surface area (Å²) in [5, 5.41) is 10.5. The van der Waals surface area contributed by atoms with Crippen molar-refractivity contribution in [1.29, 1.82) is 0 Å². The lowest BCUT2D eigenvalue weighted by Gasteiger charge is -2.14. The number of anilines is 2. The number of hydrogen-bond donors (Lipinski definition) is 1. The molecule has 118 valence electrons. The van der Waals surface area contributed by atoms with Gasteiger partial charge in [-0.15, -0.1) is 10.2 Å². The molecule has 2 amide bonds. The van der Waals surface area contributed by atoms with Crippen LogP contribution in [0.1, 0.15) is 0 Å². The van der Waals surface area contributed by atoms with Gasteiger partial charge in [0.25, 0.3) is 0 Å². The zero-order valence-corrected chi connectivity index (χ0v) is 14.1. The summed E-state index contributed by atoms with van der Waals surface area (Å²) in [6.07, 6.45) is 0. The third-order valence-electron chi connectivity index (χ3n) is 2.32. The predicted octanol–water partition coefficient (Wildman–Crippen LogP) is 4.58. The van der Waals surface area contributed by atoms with Crippen LogP contribution >= 0.6 is 39.0 Å². The van der Waals surface area contributed by atoms with Gasteiger partial charge in [0.15, 0.2) is 3.92 Å². The Morgan fingerprint density at radius 3 is 2.45 bits per heavy atom. The second-order valence-corrected chi connectivity index (χ2v) is 7.27. The van der Waals surface area contributed by atoms with Crippen LogP contribution in [0.5, 0.6) is 0 Å². The van der Waals surface area contributed by atoms with Crippen LogP contribution in [0.15, 0.2) is 33.1 Å². The number of thioether (sulfide) groups is 1. The van der Waals surface area contributed by atoms with Crippen molar-refractivity contribution in [1.82, 2.24) is 10.2 Å². The van der Waals surface area contributed by atoms with Crippen molar-refractivity contribution in [3.63, 3.8) is 0 Å². The maximum Gasteiger partial charge on any atom is 0.446 e. The van der Waals surface area contributed by atoms with Gasteiger partial charge in [0.05, 0.1) is 0 Å². The monoisotopic (exact) mass is 412 g/mol. The minimum absolute atomic E-state index is 0.0481. The molecule has 0 aliphatic rings. The molecule has 0 fully saturated rings. The Labute approximate surface area is 140 Å². The minimum Gasteiger partial charge on any atom is -0.307 e.